The van der Waals surface area contributed by atoms with Gasteiger partial charge in [-0.15, -0.1) is 0 Å². The molecule has 0 fully saturated rings. The normalized spacial score (nSPS) is 12.3. The van der Waals surface area contributed by atoms with E-state index in [9.17, 15) is 9.59 Å². The second-order valence-electron chi connectivity index (χ2n) is 4.61. The van der Waals surface area contributed by atoms with Gasteiger partial charge in [0.25, 0.3) is 0 Å². The molecule has 0 rings (SSSR count). The monoisotopic (exact) mass is 251 g/mol. The van der Waals surface area contributed by atoms with Crippen LogP contribution in [0.4, 0.5) is 0 Å². The molecule has 0 aromatic rings. The maximum atomic E-state index is 9.99. The molecule has 1 unspecified atom stereocenters. The lowest BCUT2D eigenvalue weighted by molar-refractivity contribution is -0.870. The third-order valence-corrected chi connectivity index (χ3v) is 1.76. The number of rotatable bonds is 6. The summed E-state index contributed by atoms with van der Waals surface area (Å²) in [7, 11) is 6.16. The molecule has 17 heavy (non-hydrogen) atoms. The molecule has 7 nitrogen and oxygen atoms in total. The first-order valence-electron chi connectivity index (χ1n) is 5.21. The molecule has 0 saturated carbocycles. The van der Waals surface area contributed by atoms with Crippen molar-refractivity contribution in [3.8, 4) is 0 Å². The van der Waals surface area contributed by atoms with Crippen LogP contribution in [0.15, 0.2) is 0 Å². The number of hydrogen-bond donors (Lipinski definition) is 4. The Labute approximate surface area is 101 Å². The van der Waals surface area contributed by atoms with Crippen LogP contribution in [0.25, 0.3) is 0 Å². The molecule has 5 N–H and O–H groups in total. The standard InChI is InChI=1S/C5H9NO4.C5H14NO/c6-3(5(9)10)1-2-4(7)8;1-6(2,3)4-5-7/h3H,1-2,6H2,(H,7,8)(H,9,10);7H,4-5H2,1-3H3/q;+1. The fourth-order valence-corrected chi connectivity index (χ4v) is 0.702. The predicted molar refractivity (Wildman–Crippen MR) is 62.5 cm³/mol. The number of quaternary nitrogens is 1. The van der Waals surface area contributed by atoms with E-state index in [0.29, 0.717) is 0 Å². The van der Waals surface area contributed by atoms with Gasteiger partial charge < -0.3 is 25.5 Å². The third-order valence-electron chi connectivity index (χ3n) is 1.76. The van der Waals surface area contributed by atoms with Crippen molar-refractivity contribution < 1.29 is 29.4 Å². The Hall–Kier alpha value is -1.18. The molecule has 102 valence electrons. The van der Waals surface area contributed by atoms with Crippen molar-refractivity contribution in [2.45, 2.75) is 18.9 Å². The van der Waals surface area contributed by atoms with Gasteiger partial charge in [-0.25, -0.2) is 0 Å². The first-order valence-corrected chi connectivity index (χ1v) is 5.21. The van der Waals surface area contributed by atoms with Gasteiger partial charge in [0.05, 0.1) is 27.7 Å². The molecule has 0 spiro atoms. The Morgan fingerprint density at radius 2 is 1.71 bits per heavy atom. The summed E-state index contributed by atoms with van der Waals surface area (Å²) in [5.41, 5.74) is 5.00. The van der Waals surface area contributed by atoms with Crippen molar-refractivity contribution in [3.63, 3.8) is 0 Å². The van der Waals surface area contributed by atoms with Crippen LogP contribution < -0.4 is 5.73 Å². The summed E-state index contributed by atoms with van der Waals surface area (Å²) < 4.78 is 0.844. The molecule has 1 atom stereocenters. The van der Waals surface area contributed by atoms with Crippen LogP contribution >= 0.6 is 0 Å². The van der Waals surface area contributed by atoms with Crippen LogP contribution in [-0.2, 0) is 9.59 Å². The molecule has 0 aliphatic rings. The highest BCUT2D eigenvalue weighted by atomic mass is 16.4. The SMILES string of the molecule is C[N+](C)(C)CCO.NC(CCC(=O)O)C(=O)O. The zero-order valence-corrected chi connectivity index (χ0v) is 10.6. The van der Waals surface area contributed by atoms with Gasteiger partial charge in [0.15, 0.2) is 0 Å². The summed E-state index contributed by atoms with van der Waals surface area (Å²) in [5.74, 6) is -2.20. The van der Waals surface area contributed by atoms with E-state index in [1.54, 1.807) is 0 Å². The Balaban J connectivity index is 0. The van der Waals surface area contributed by atoms with Crippen molar-refractivity contribution in [1.29, 1.82) is 0 Å². The average molecular weight is 251 g/mol. The second-order valence-corrected chi connectivity index (χ2v) is 4.61. The van der Waals surface area contributed by atoms with Crippen LogP contribution in [0.5, 0.6) is 0 Å². The predicted octanol–water partition coefficient (Wildman–Crippen LogP) is -1.05. The summed E-state index contributed by atoms with van der Waals surface area (Å²) in [6, 6.07) is -1.06. The van der Waals surface area contributed by atoms with Crippen LogP contribution in [-0.4, -0.2) is 72.1 Å². The van der Waals surface area contributed by atoms with Gasteiger partial charge >= 0.3 is 11.9 Å². The van der Waals surface area contributed by atoms with Crippen molar-refractivity contribution >= 4 is 11.9 Å². The smallest absolute Gasteiger partial charge is 0.320 e. The van der Waals surface area contributed by atoms with E-state index in [1.807, 2.05) is 0 Å². The minimum atomic E-state index is -1.17. The molecular weight excluding hydrogens is 228 g/mol. The number of carboxylic acids is 2. The van der Waals surface area contributed by atoms with Gasteiger partial charge in [-0.3, -0.25) is 9.59 Å². The lowest BCUT2D eigenvalue weighted by Gasteiger charge is -2.21. The van der Waals surface area contributed by atoms with Crippen molar-refractivity contribution in [2.75, 3.05) is 34.3 Å². The lowest BCUT2D eigenvalue weighted by atomic mass is 10.2. The number of nitrogens with two attached hydrogens (primary N) is 1. The molecule has 0 saturated heterocycles. The minimum absolute atomic E-state index is 0.0231. The molecule has 0 amide bonds. The van der Waals surface area contributed by atoms with Gasteiger partial charge in [-0.05, 0) is 6.42 Å². The summed E-state index contributed by atoms with van der Waals surface area (Å²) >= 11 is 0. The molecule has 0 heterocycles. The van der Waals surface area contributed by atoms with Crippen molar-refractivity contribution in [2.24, 2.45) is 5.73 Å². The zero-order valence-electron chi connectivity index (χ0n) is 10.6. The Kier molecular flexibility index (Phi) is 9.54. The molecule has 0 aromatic heterocycles. The van der Waals surface area contributed by atoms with Crippen molar-refractivity contribution in [1.82, 2.24) is 0 Å². The third kappa shape index (κ3) is 17.4. The summed E-state index contributed by atoms with van der Waals surface area (Å²) in [6.45, 7) is 1.11. The topological polar surface area (TPSA) is 121 Å². The van der Waals surface area contributed by atoms with Crippen LogP contribution in [0.2, 0.25) is 0 Å². The Morgan fingerprint density at radius 3 is 1.88 bits per heavy atom. The van der Waals surface area contributed by atoms with E-state index in [-0.39, 0.29) is 19.4 Å². The maximum Gasteiger partial charge on any atom is 0.320 e. The number of aliphatic hydroxyl groups excluding tert-OH is 1. The van der Waals surface area contributed by atoms with E-state index in [1.165, 1.54) is 0 Å². The summed E-state index contributed by atoms with van der Waals surface area (Å²) in [5, 5.41) is 24.7. The molecule has 0 aliphatic heterocycles. The minimum Gasteiger partial charge on any atom is -0.481 e. The van der Waals surface area contributed by atoms with Crippen LogP contribution in [0.3, 0.4) is 0 Å². The van der Waals surface area contributed by atoms with E-state index < -0.39 is 18.0 Å². The number of aliphatic carboxylic acids is 2. The lowest BCUT2D eigenvalue weighted by Crippen LogP contribution is -2.36. The van der Waals surface area contributed by atoms with Gasteiger partial charge in [-0.2, -0.15) is 0 Å². The van der Waals surface area contributed by atoms with E-state index in [0.717, 1.165) is 11.0 Å². The van der Waals surface area contributed by atoms with E-state index >= 15 is 0 Å². The fourth-order valence-electron chi connectivity index (χ4n) is 0.702. The molecule has 0 radical (unpaired) electrons. The van der Waals surface area contributed by atoms with Gasteiger partial charge in [0, 0.05) is 6.42 Å². The quantitative estimate of drug-likeness (QED) is 0.447. The summed E-state index contributed by atoms with van der Waals surface area (Å²) in [4.78, 5) is 19.9. The highest BCUT2D eigenvalue weighted by Crippen LogP contribution is 1.93. The number of hydrogen-bond acceptors (Lipinski definition) is 4. The summed E-state index contributed by atoms with van der Waals surface area (Å²) in [6.07, 6.45) is -0.224. The van der Waals surface area contributed by atoms with Crippen molar-refractivity contribution in [3.05, 3.63) is 0 Å². The highest BCUT2D eigenvalue weighted by molar-refractivity contribution is 5.74. The number of aliphatic hydroxyl groups is 1. The first-order chi connectivity index (χ1) is 7.60. The zero-order chi connectivity index (χ0) is 14.1. The van der Waals surface area contributed by atoms with Gasteiger partial charge in [0.2, 0.25) is 0 Å². The maximum absolute atomic E-state index is 9.99. The highest BCUT2D eigenvalue weighted by Gasteiger charge is 2.12. The molecule has 0 aromatic carbocycles. The number of likely N-dealkylation sites (N-methyl/N-ethyl adjacent to an activating group) is 1. The molecule has 7 heteroatoms. The molecule has 0 bridgehead atoms. The van der Waals surface area contributed by atoms with Crippen LogP contribution in [0, 0.1) is 0 Å². The van der Waals surface area contributed by atoms with Gasteiger partial charge in [0.1, 0.15) is 12.6 Å². The number of carboxylic acid groups (broad SMARTS) is 2. The van der Waals surface area contributed by atoms with Crippen LogP contribution in [0.1, 0.15) is 12.8 Å². The fraction of sp³-hybridized carbons (Fsp3) is 0.800. The molecule has 0 aliphatic carbocycles. The molecular formula is C10H23N2O5+. The Bertz CT molecular complexity index is 237. The first kappa shape index (κ1) is 18.2. The average Bonchev–Trinajstić information content (AvgIpc) is 2.12. The van der Waals surface area contributed by atoms with E-state index in [4.69, 9.17) is 21.1 Å². The second kappa shape index (κ2) is 8.91. The number of carbonyl (C=O) groups is 2. The Morgan fingerprint density at radius 1 is 1.24 bits per heavy atom. The largest absolute Gasteiger partial charge is 0.481 e. The van der Waals surface area contributed by atoms with Gasteiger partial charge in [-0.1, -0.05) is 0 Å². The number of nitrogens with zero attached hydrogens (tertiary/aromatic N) is 1. The van der Waals surface area contributed by atoms with E-state index in [2.05, 4.69) is 21.1 Å².